The maximum Gasteiger partial charge on any atom is 0.245 e. The van der Waals surface area contributed by atoms with Gasteiger partial charge in [-0.25, -0.2) is 8.42 Å². The average molecular weight is 454 g/mol. The molecule has 0 saturated carbocycles. The van der Waals surface area contributed by atoms with Crippen LogP contribution in [0.25, 0.3) is 0 Å². The first-order chi connectivity index (χ1) is 15.4. The van der Waals surface area contributed by atoms with Crippen LogP contribution in [0, 0.1) is 6.92 Å². The van der Waals surface area contributed by atoms with Gasteiger partial charge in [-0.05, 0) is 36.2 Å². The molecule has 0 N–H and O–H groups in total. The first-order valence-electron chi connectivity index (χ1n) is 10.4. The Morgan fingerprint density at radius 3 is 2.34 bits per heavy atom. The molecule has 0 amide bonds. The van der Waals surface area contributed by atoms with Crippen LogP contribution in [0.1, 0.15) is 22.3 Å². The lowest BCUT2D eigenvalue weighted by molar-refractivity contribution is 0.00486. The van der Waals surface area contributed by atoms with E-state index in [2.05, 4.69) is 0 Å². The molecule has 1 heterocycles. The van der Waals surface area contributed by atoms with Crippen molar-refractivity contribution in [2.24, 2.45) is 0 Å². The Kier molecular flexibility index (Phi) is 6.50. The third-order valence-corrected chi connectivity index (χ3v) is 7.55. The quantitative estimate of drug-likeness (QED) is 0.534. The summed E-state index contributed by atoms with van der Waals surface area (Å²) in [6, 6.07) is 20.5. The standard InChI is InChI=1S/C25H27NO5S/c1-18-9-12-21(13-10-18)32(27,28)26-16-22-20(15-24(26)30-3)11-14-23(29-2)25(22)31-17-19-7-5-4-6-8-19/h4-14,24H,15-17H2,1-3H3. The molecular formula is C25H27NO5S. The van der Waals surface area contributed by atoms with E-state index < -0.39 is 16.3 Å². The van der Waals surface area contributed by atoms with Crippen molar-refractivity contribution in [1.29, 1.82) is 0 Å². The number of aryl methyl sites for hydroxylation is 1. The molecular weight excluding hydrogens is 426 g/mol. The summed E-state index contributed by atoms with van der Waals surface area (Å²) in [4.78, 5) is 0.239. The maximum atomic E-state index is 13.5. The Hall–Kier alpha value is -2.87. The van der Waals surface area contributed by atoms with E-state index in [1.54, 1.807) is 31.4 Å². The molecule has 3 aromatic rings. The van der Waals surface area contributed by atoms with E-state index in [1.165, 1.54) is 11.4 Å². The fourth-order valence-electron chi connectivity index (χ4n) is 3.89. The van der Waals surface area contributed by atoms with Crippen molar-refractivity contribution in [3.63, 3.8) is 0 Å². The van der Waals surface area contributed by atoms with Crippen LogP contribution in [0.3, 0.4) is 0 Å². The fourth-order valence-corrected chi connectivity index (χ4v) is 5.41. The van der Waals surface area contributed by atoms with Gasteiger partial charge in [0.15, 0.2) is 11.5 Å². The molecule has 0 aromatic heterocycles. The van der Waals surface area contributed by atoms with Gasteiger partial charge in [-0.15, -0.1) is 0 Å². The molecule has 6 nitrogen and oxygen atoms in total. The van der Waals surface area contributed by atoms with Gasteiger partial charge in [0.1, 0.15) is 12.8 Å². The zero-order valence-corrected chi connectivity index (χ0v) is 19.3. The van der Waals surface area contributed by atoms with E-state index in [0.717, 1.165) is 22.3 Å². The zero-order chi connectivity index (χ0) is 22.7. The third-order valence-electron chi connectivity index (χ3n) is 5.70. The number of rotatable bonds is 7. The largest absolute Gasteiger partial charge is 0.493 e. The van der Waals surface area contributed by atoms with Gasteiger partial charge in [-0.1, -0.05) is 54.1 Å². The van der Waals surface area contributed by atoms with Gasteiger partial charge < -0.3 is 14.2 Å². The molecule has 0 aliphatic carbocycles. The minimum absolute atomic E-state index is 0.130. The minimum Gasteiger partial charge on any atom is -0.493 e. The summed E-state index contributed by atoms with van der Waals surface area (Å²) in [5.41, 5.74) is 3.79. The minimum atomic E-state index is -3.77. The van der Waals surface area contributed by atoms with E-state index in [0.29, 0.717) is 24.5 Å². The first-order valence-corrected chi connectivity index (χ1v) is 11.8. The van der Waals surface area contributed by atoms with E-state index in [-0.39, 0.29) is 11.4 Å². The lowest BCUT2D eigenvalue weighted by Crippen LogP contribution is -2.45. The Labute approximate surface area is 189 Å². The van der Waals surface area contributed by atoms with Crippen LogP contribution in [0.15, 0.2) is 71.6 Å². The van der Waals surface area contributed by atoms with E-state index in [4.69, 9.17) is 14.2 Å². The van der Waals surface area contributed by atoms with Crippen molar-refractivity contribution in [3.8, 4) is 11.5 Å². The molecule has 0 spiro atoms. The van der Waals surface area contributed by atoms with Crippen molar-refractivity contribution < 1.29 is 22.6 Å². The van der Waals surface area contributed by atoms with Gasteiger partial charge in [-0.3, -0.25) is 0 Å². The molecule has 1 atom stereocenters. The van der Waals surface area contributed by atoms with Crippen molar-refractivity contribution in [2.75, 3.05) is 14.2 Å². The second kappa shape index (κ2) is 9.32. The van der Waals surface area contributed by atoms with Gasteiger partial charge in [-0.2, -0.15) is 4.31 Å². The van der Waals surface area contributed by atoms with Crippen LogP contribution >= 0.6 is 0 Å². The number of fused-ring (bicyclic) bond motifs is 1. The molecule has 0 radical (unpaired) electrons. The summed E-state index contributed by atoms with van der Waals surface area (Å²) in [6.45, 7) is 2.41. The highest BCUT2D eigenvalue weighted by Crippen LogP contribution is 2.40. The molecule has 168 valence electrons. The van der Waals surface area contributed by atoms with Crippen molar-refractivity contribution in [3.05, 3.63) is 89.0 Å². The Morgan fingerprint density at radius 2 is 1.69 bits per heavy atom. The van der Waals surface area contributed by atoms with Crippen LogP contribution in [0.5, 0.6) is 11.5 Å². The molecule has 3 aromatic carbocycles. The van der Waals surface area contributed by atoms with Crippen LogP contribution < -0.4 is 9.47 Å². The lowest BCUT2D eigenvalue weighted by atomic mass is 9.98. The summed E-state index contributed by atoms with van der Waals surface area (Å²) in [7, 11) is -0.661. The number of hydrogen-bond acceptors (Lipinski definition) is 5. The summed E-state index contributed by atoms with van der Waals surface area (Å²) in [6.07, 6.45) is -0.188. The molecule has 7 heteroatoms. The topological polar surface area (TPSA) is 65.1 Å². The number of sulfonamides is 1. The molecule has 1 aliphatic rings. The highest BCUT2D eigenvalue weighted by molar-refractivity contribution is 7.89. The molecule has 1 aliphatic heterocycles. The summed E-state index contributed by atoms with van der Waals surface area (Å²) in [5.74, 6) is 1.13. The van der Waals surface area contributed by atoms with Crippen molar-refractivity contribution in [1.82, 2.24) is 4.31 Å². The van der Waals surface area contributed by atoms with Gasteiger partial charge in [0.25, 0.3) is 0 Å². The van der Waals surface area contributed by atoms with Crippen LogP contribution in [0.2, 0.25) is 0 Å². The predicted octanol–water partition coefficient (Wildman–Crippen LogP) is 4.30. The van der Waals surface area contributed by atoms with E-state index in [9.17, 15) is 8.42 Å². The van der Waals surface area contributed by atoms with Gasteiger partial charge in [0, 0.05) is 25.6 Å². The summed E-state index contributed by atoms with van der Waals surface area (Å²) < 4.78 is 45.7. The van der Waals surface area contributed by atoms with Crippen molar-refractivity contribution in [2.45, 2.75) is 37.6 Å². The Morgan fingerprint density at radius 1 is 0.969 bits per heavy atom. The van der Waals surface area contributed by atoms with Crippen LogP contribution in [0.4, 0.5) is 0 Å². The number of hydrogen-bond donors (Lipinski definition) is 0. The number of nitrogens with zero attached hydrogens (tertiary/aromatic N) is 1. The summed E-state index contributed by atoms with van der Waals surface area (Å²) in [5, 5.41) is 0. The second-order valence-electron chi connectivity index (χ2n) is 7.77. The Balaban J connectivity index is 1.72. The Bertz CT molecular complexity index is 1180. The smallest absolute Gasteiger partial charge is 0.245 e. The SMILES string of the molecule is COc1ccc2c(c1OCc1ccccc1)CN(S(=O)(=O)c1ccc(C)cc1)C(OC)C2. The predicted molar refractivity (Wildman–Crippen MR) is 122 cm³/mol. The normalized spacial score (nSPS) is 16.4. The van der Waals surface area contributed by atoms with E-state index in [1.807, 2.05) is 49.4 Å². The molecule has 0 fully saturated rings. The molecule has 0 saturated heterocycles. The average Bonchev–Trinajstić information content (AvgIpc) is 2.82. The van der Waals surface area contributed by atoms with Crippen LogP contribution in [-0.2, 0) is 34.3 Å². The van der Waals surface area contributed by atoms with Crippen molar-refractivity contribution >= 4 is 10.0 Å². The van der Waals surface area contributed by atoms with Crippen LogP contribution in [-0.4, -0.2) is 33.2 Å². The number of methoxy groups -OCH3 is 2. The monoisotopic (exact) mass is 453 g/mol. The van der Waals surface area contributed by atoms with E-state index >= 15 is 0 Å². The van der Waals surface area contributed by atoms with Gasteiger partial charge in [0.2, 0.25) is 10.0 Å². The van der Waals surface area contributed by atoms with Gasteiger partial charge >= 0.3 is 0 Å². The highest BCUT2D eigenvalue weighted by atomic mass is 32.2. The zero-order valence-electron chi connectivity index (χ0n) is 18.4. The molecule has 1 unspecified atom stereocenters. The highest BCUT2D eigenvalue weighted by Gasteiger charge is 2.37. The molecule has 0 bridgehead atoms. The fraction of sp³-hybridized carbons (Fsp3) is 0.280. The number of ether oxygens (including phenoxy) is 3. The summed E-state index contributed by atoms with van der Waals surface area (Å²) >= 11 is 0. The third kappa shape index (κ3) is 4.37. The second-order valence-corrected chi connectivity index (χ2v) is 9.66. The maximum absolute atomic E-state index is 13.5. The number of benzene rings is 3. The lowest BCUT2D eigenvalue weighted by Gasteiger charge is -2.35. The molecule has 4 rings (SSSR count). The molecule has 32 heavy (non-hydrogen) atoms. The first kappa shape index (κ1) is 22.3. The van der Waals surface area contributed by atoms with Gasteiger partial charge in [0.05, 0.1) is 12.0 Å².